The summed E-state index contributed by atoms with van der Waals surface area (Å²) in [7, 11) is 0. The maximum atomic E-state index is 13.9. The summed E-state index contributed by atoms with van der Waals surface area (Å²) in [5, 5.41) is 10.7. The molecule has 0 bridgehead atoms. The van der Waals surface area contributed by atoms with Crippen LogP contribution in [0.1, 0.15) is 37.0 Å². The van der Waals surface area contributed by atoms with E-state index in [2.05, 4.69) is 0 Å². The second-order valence-corrected chi connectivity index (χ2v) is 7.20. The summed E-state index contributed by atoms with van der Waals surface area (Å²) in [6, 6.07) is 14.5. The van der Waals surface area contributed by atoms with Crippen LogP contribution in [0.3, 0.4) is 0 Å². The fraction of sp³-hybridized carbons (Fsp3) is 0.455. The van der Waals surface area contributed by atoms with Crippen LogP contribution in [-0.2, 0) is 27.4 Å². The highest BCUT2D eigenvalue weighted by Crippen LogP contribution is 2.35. The molecule has 2 aromatic rings. The predicted octanol–water partition coefficient (Wildman–Crippen LogP) is 4.12. The van der Waals surface area contributed by atoms with Gasteiger partial charge in [-0.25, -0.2) is 4.39 Å². The van der Waals surface area contributed by atoms with Crippen LogP contribution in [0.2, 0.25) is 0 Å². The van der Waals surface area contributed by atoms with E-state index in [0.717, 1.165) is 5.56 Å². The first kappa shape index (κ1) is 20.0. The zero-order valence-corrected chi connectivity index (χ0v) is 16.0. The van der Waals surface area contributed by atoms with Crippen LogP contribution in [0, 0.1) is 12.7 Å². The molecular weight excluding hydrogens is 347 g/mol. The number of rotatable bonds is 7. The summed E-state index contributed by atoms with van der Waals surface area (Å²) >= 11 is 0. The van der Waals surface area contributed by atoms with Gasteiger partial charge in [0.25, 0.3) is 0 Å². The van der Waals surface area contributed by atoms with Crippen molar-refractivity contribution in [3.63, 3.8) is 0 Å². The third kappa shape index (κ3) is 4.74. The van der Waals surface area contributed by atoms with Gasteiger partial charge < -0.3 is 19.3 Å². The van der Waals surface area contributed by atoms with E-state index in [4.69, 9.17) is 14.2 Å². The summed E-state index contributed by atoms with van der Waals surface area (Å²) in [5.41, 5.74) is 2.65. The van der Waals surface area contributed by atoms with E-state index in [1.165, 1.54) is 11.6 Å². The first-order valence-electron chi connectivity index (χ1n) is 9.33. The van der Waals surface area contributed by atoms with Crippen molar-refractivity contribution in [3.05, 3.63) is 71.0 Å². The van der Waals surface area contributed by atoms with E-state index in [-0.39, 0.29) is 18.5 Å². The van der Waals surface area contributed by atoms with Crippen molar-refractivity contribution in [2.75, 3.05) is 0 Å². The Balaban J connectivity index is 1.71. The summed E-state index contributed by atoms with van der Waals surface area (Å²) in [6.07, 6.45) is -0.831. The van der Waals surface area contributed by atoms with Crippen molar-refractivity contribution >= 4 is 0 Å². The molecule has 146 valence electrons. The number of benzene rings is 2. The smallest absolute Gasteiger partial charge is 0.192 e. The van der Waals surface area contributed by atoms with Gasteiger partial charge in [-0.05, 0) is 31.9 Å². The second kappa shape index (κ2) is 8.48. The van der Waals surface area contributed by atoms with Gasteiger partial charge in [-0.1, -0.05) is 55.0 Å². The lowest BCUT2D eigenvalue weighted by atomic mass is 10.0. The standard InChI is InChI=1S/C22H27FO4/c1-4-19-20(25-14-17-7-5-6-8-18(17)23)21(22(3,24)27-19)26-13-16-11-9-15(2)10-12-16/h5-12,19-21,24H,4,13-14H2,1-3H3/t19-,20+,21-,22?/m1/s1. The number of halogens is 1. The minimum Gasteiger partial charge on any atom is -0.368 e. The molecule has 1 aliphatic heterocycles. The van der Waals surface area contributed by atoms with Gasteiger partial charge in [-0.3, -0.25) is 0 Å². The largest absolute Gasteiger partial charge is 0.368 e. The molecule has 1 fully saturated rings. The molecule has 1 heterocycles. The van der Waals surface area contributed by atoms with E-state index >= 15 is 0 Å². The number of ether oxygens (including phenoxy) is 3. The lowest BCUT2D eigenvalue weighted by molar-refractivity contribution is -0.228. The average Bonchev–Trinajstić information content (AvgIpc) is 2.90. The quantitative estimate of drug-likeness (QED) is 0.792. The molecule has 1 N–H and O–H groups in total. The summed E-state index contributed by atoms with van der Waals surface area (Å²) in [5.74, 6) is -1.78. The molecule has 0 aromatic heterocycles. The fourth-order valence-corrected chi connectivity index (χ4v) is 3.37. The highest BCUT2D eigenvalue weighted by molar-refractivity contribution is 5.20. The molecule has 0 amide bonds. The van der Waals surface area contributed by atoms with Gasteiger partial charge in [-0.2, -0.15) is 0 Å². The Hall–Kier alpha value is -1.79. The first-order chi connectivity index (χ1) is 12.9. The molecule has 2 aromatic carbocycles. The third-order valence-electron chi connectivity index (χ3n) is 4.92. The van der Waals surface area contributed by atoms with E-state index in [0.29, 0.717) is 18.6 Å². The number of hydrogen-bond donors (Lipinski definition) is 1. The van der Waals surface area contributed by atoms with Gasteiger partial charge in [0.15, 0.2) is 5.79 Å². The monoisotopic (exact) mass is 374 g/mol. The summed E-state index contributed by atoms with van der Waals surface area (Å²) in [6.45, 7) is 6.00. The molecule has 27 heavy (non-hydrogen) atoms. The zero-order chi connectivity index (χ0) is 19.4. The lowest BCUT2D eigenvalue weighted by Crippen LogP contribution is -2.43. The maximum Gasteiger partial charge on any atom is 0.192 e. The Morgan fingerprint density at radius 2 is 1.78 bits per heavy atom. The molecule has 1 aliphatic rings. The van der Waals surface area contributed by atoms with Crippen molar-refractivity contribution < 1.29 is 23.7 Å². The molecular formula is C22H27FO4. The van der Waals surface area contributed by atoms with Crippen LogP contribution in [0.15, 0.2) is 48.5 Å². The molecule has 1 unspecified atom stereocenters. The van der Waals surface area contributed by atoms with Gasteiger partial charge >= 0.3 is 0 Å². The Morgan fingerprint density at radius 3 is 2.44 bits per heavy atom. The minimum atomic E-state index is -1.47. The molecule has 4 nitrogen and oxygen atoms in total. The van der Waals surface area contributed by atoms with Crippen molar-refractivity contribution in [2.24, 2.45) is 0 Å². The Kier molecular flexibility index (Phi) is 6.27. The van der Waals surface area contributed by atoms with Gasteiger partial charge in [0.1, 0.15) is 18.0 Å². The normalized spacial score (nSPS) is 27.8. The molecule has 5 heteroatoms. The molecule has 3 rings (SSSR count). The lowest BCUT2D eigenvalue weighted by Gasteiger charge is -2.27. The van der Waals surface area contributed by atoms with Crippen molar-refractivity contribution in [2.45, 2.75) is 64.5 Å². The van der Waals surface area contributed by atoms with Crippen molar-refractivity contribution in [1.82, 2.24) is 0 Å². The van der Waals surface area contributed by atoms with Crippen LogP contribution in [-0.4, -0.2) is 29.2 Å². The van der Waals surface area contributed by atoms with Crippen LogP contribution >= 0.6 is 0 Å². The molecule has 4 atom stereocenters. The molecule has 0 saturated carbocycles. The minimum absolute atomic E-state index is 0.0949. The first-order valence-corrected chi connectivity index (χ1v) is 9.33. The van der Waals surface area contributed by atoms with Crippen LogP contribution in [0.5, 0.6) is 0 Å². The third-order valence-corrected chi connectivity index (χ3v) is 4.92. The summed E-state index contributed by atoms with van der Waals surface area (Å²) in [4.78, 5) is 0. The summed E-state index contributed by atoms with van der Waals surface area (Å²) < 4.78 is 31.7. The fourth-order valence-electron chi connectivity index (χ4n) is 3.37. The van der Waals surface area contributed by atoms with Crippen LogP contribution < -0.4 is 0 Å². The maximum absolute atomic E-state index is 13.9. The SMILES string of the molecule is CC[C@H]1OC(C)(O)[C@H](OCc2ccc(C)cc2)[C@H]1OCc1ccccc1F. The van der Waals surface area contributed by atoms with E-state index in [9.17, 15) is 9.50 Å². The van der Waals surface area contributed by atoms with E-state index in [1.54, 1.807) is 25.1 Å². The number of aliphatic hydroxyl groups is 1. The average molecular weight is 374 g/mol. The highest BCUT2D eigenvalue weighted by atomic mass is 19.1. The molecule has 0 radical (unpaired) electrons. The molecule has 0 spiro atoms. The predicted molar refractivity (Wildman–Crippen MR) is 101 cm³/mol. The molecule has 0 aliphatic carbocycles. The van der Waals surface area contributed by atoms with Gasteiger partial charge in [0, 0.05) is 5.56 Å². The van der Waals surface area contributed by atoms with Gasteiger partial charge in [0.2, 0.25) is 0 Å². The highest BCUT2D eigenvalue weighted by Gasteiger charge is 2.52. The number of aryl methyl sites for hydroxylation is 1. The van der Waals surface area contributed by atoms with Crippen LogP contribution in [0.4, 0.5) is 4.39 Å². The Labute approximate surface area is 159 Å². The van der Waals surface area contributed by atoms with Crippen molar-refractivity contribution in [1.29, 1.82) is 0 Å². The van der Waals surface area contributed by atoms with Gasteiger partial charge in [0.05, 0.1) is 19.3 Å². The van der Waals surface area contributed by atoms with E-state index < -0.39 is 18.0 Å². The van der Waals surface area contributed by atoms with E-state index in [1.807, 2.05) is 38.1 Å². The second-order valence-electron chi connectivity index (χ2n) is 7.20. The van der Waals surface area contributed by atoms with Gasteiger partial charge in [-0.15, -0.1) is 0 Å². The molecule has 1 saturated heterocycles. The van der Waals surface area contributed by atoms with Crippen molar-refractivity contribution in [3.8, 4) is 0 Å². The van der Waals surface area contributed by atoms with Crippen LogP contribution in [0.25, 0.3) is 0 Å². The topological polar surface area (TPSA) is 47.9 Å². The number of hydrogen-bond acceptors (Lipinski definition) is 4. The Morgan fingerprint density at radius 1 is 1.07 bits per heavy atom. The zero-order valence-electron chi connectivity index (χ0n) is 16.0. The Bertz CT molecular complexity index is 744.